The number of benzene rings is 1. The van der Waals surface area contributed by atoms with Crippen LogP contribution in [-0.4, -0.2) is 15.3 Å². The van der Waals surface area contributed by atoms with E-state index in [1.165, 1.54) is 0 Å². The molecule has 1 amide bonds. The second kappa shape index (κ2) is 5.05. The fourth-order valence-corrected chi connectivity index (χ4v) is 3.20. The van der Waals surface area contributed by atoms with E-state index in [4.69, 9.17) is 0 Å². The molecule has 2 aromatic heterocycles. The molecule has 0 saturated carbocycles. The van der Waals surface area contributed by atoms with Crippen molar-refractivity contribution >= 4 is 17.4 Å². The van der Waals surface area contributed by atoms with Crippen molar-refractivity contribution in [3.05, 3.63) is 75.7 Å². The molecule has 0 saturated heterocycles. The number of nitrogens with zero attached hydrogens (tertiary/aromatic N) is 2. The third kappa shape index (κ3) is 2.12. The number of hydrogen-bond donors (Lipinski definition) is 1. The third-order valence-corrected chi connectivity index (χ3v) is 4.29. The summed E-state index contributed by atoms with van der Waals surface area (Å²) < 4.78 is 1.79. The Bertz CT molecular complexity index is 977. The summed E-state index contributed by atoms with van der Waals surface area (Å²) in [6, 6.07) is 13.4. The van der Waals surface area contributed by atoms with E-state index in [1.54, 1.807) is 4.40 Å². The molecular weight excluding hydrogens is 290 g/mol. The fourth-order valence-electron chi connectivity index (χ4n) is 3.20. The molecule has 23 heavy (non-hydrogen) atoms. The molecule has 3 heterocycles. The Morgan fingerprint density at radius 2 is 1.91 bits per heavy atom. The zero-order valence-corrected chi connectivity index (χ0v) is 12.6. The number of carbonyl (C=O) groups is 1. The lowest BCUT2D eigenvalue weighted by atomic mass is 9.87. The first kappa shape index (κ1) is 13.7. The summed E-state index contributed by atoms with van der Waals surface area (Å²) in [6.45, 7) is 1.90. The van der Waals surface area contributed by atoms with Gasteiger partial charge in [0.15, 0.2) is 0 Å². The summed E-state index contributed by atoms with van der Waals surface area (Å²) in [7, 11) is 0. The van der Waals surface area contributed by atoms with E-state index in [2.05, 4.69) is 10.3 Å². The summed E-state index contributed by atoms with van der Waals surface area (Å²) in [5, 5.41) is 2.85. The molecule has 5 nitrogen and oxygen atoms in total. The molecule has 0 aliphatic carbocycles. The number of fused-ring (bicyclic) bond motifs is 3. The van der Waals surface area contributed by atoms with Crippen molar-refractivity contribution in [2.75, 3.05) is 5.32 Å². The largest absolute Gasteiger partial charge is 0.311 e. The summed E-state index contributed by atoms with van der Waals surface area (Å²) in [5.74, 6) is 0.179. The van der Waals surface area contributed by atoms with E-state index in [0.717, 1.165) is 11.1 Å². The quantitative estimate of drug-likeness (QED) is 0.751. The molecule has 1 aromatic carbocycles. The Morgan fingerprint density at radius 3 is 2.70 bits per heavy atom. The highest BCUT2D eigenvalue weighted by molar-refractivity contribution is 5.94. The normalized spacial score (nSPS) is 16.9. The smallest absolute Gasteiger partial charge is 0.279 e. The van der Waals surface area contributed by atoms with Crippen molar-refractivity contribution < 1.29 is 4.79 Å². The van der Waals surface area contributed by atoms with E-state index in [-0.39, 0.29) is 23.8 Å². The third-order valence-electron chi connectivity index (χ3n) is 4.29. The van der Waals surface area contributed by atoms with Crippen molar-refractivity contribution in [3.63, 3.8) is 0 Å². The van der Waals surface area contributed by atoms with Crippen LogP contribution in [0, 0.1) is 6.92 Å². The Hall–Kier alpha value is -2.95. The van der Waals surface area contributed by atoms with Gasteiger partial charge in [-0.05, 0) is 24.1 Å². The maximum absolute atomic E-state index is 12.6. The Labute approximate surface area is 132 Å². The highest BCUT2D eigenvalue weighted by atomic mass is 16.2. The van der Waals surface area contributed by atoms with Crippen LogP contribution in [0.15, 0.2) is 53.5 Å². The number of hydrogen-bond acceptors (Lipinski definition) is 3. The number of pyridine rings is 1. The van der Waals surface area contributed by atoms with E-state index >= 15 is 0 Å². The molecule has 1 N–H and O–H groups in total. The second-order valence-corrected chi connectivity index (χ2v) is 5.78. The van der Waals surface area contributed by atoms with E-state index < -0.39 is 0 Å². The van der Waals surface area contributed by atoms with Gasteiger partial charge in [0.05, 0.1) is 5.56 Å². The van der Waals surface area contributed by atoms with Crippen LogP contribution in [0.3, 0.4) is 0 Å². The Balaban J connectivity index is 2.05. The highest BCUT2D eigenvalue weighted by Crippen LogP contribution is 2.34. The summed E-state index contributed by atoms with van der Waals surface area (Å²) in [4.78, 5) is 29.1. The van der Waals surface area contributed by atoms with Crippen molar-refractivity contribution in [1.82, 2.24) is 9.38 Å². The first-order valence-electron chi connectivity index (χ1n) is 7.52. The molecule has 0 radical (unpaired) electrons. The van der Waals surface area contributed by atoms with Gasteiger partial charge in [-0.25, -0.2) is 0 Å². The molecule has 0 unspecified atom stereocenters. The molecule has 3 aromatic rings. The number of rotatable bonds is 1. The van der Waals surface area contributed by atoms with Gasteiger partial charge in [-0.3, -0.25) is 14.0 Å². The maximum atomic E-state index is 12.6. The average Bonchev–Trinajstić information content (AvgIpc) is 2.56. The first-order valence-corrected chi connectivity index (χ1v) is 7.52. The maximum Gasteiger partial charge on any atom is 0.279 e. The van der Waals surface area contributed by atoms with Crippen LogP contribution in [0.4, 0.5) is 5.82 Å². The molecule has 1 aliphatic rings. The van der Waals surface area contributed by atoms with Crippen LogP contribution in [0.25, 0.3) is 5.65 Å². The average molecular weight is 305 g/mol. The van der Waals surface area contributed by atoms with Crippen molar-refractivity contribution in [3.8, 4) is 0 Å². The molecular formula is C18H15N3O2. The topological polar surface area (TPSA) is 63.5 Å². The molecule has 114 valence electrons. The summed E-state index contributed by atoms with van der Waals surface area (Å²) >= 11 is 0. The predicted octanol–water partition coefficient (Wildman–Crippen LogP) is 2.48. The van der Waals surface area contributed by atoms with Crippen LogP contribution in [0.5, 0.6) is 0 Å². The number of nitrogens with one attached hydrogen (secondary N) is 1. The minimum absolute atomic E-state index is 0.0905. The number of aromatic nitrogens is 2. The fraction of sp³-hybridized carbons (Fsp3) is 0.167. The second-order valence-electron chi connectivity index (χ2n) is 5.78. The summed E-state index contributed by atoms with van der Waals surface area (Å²) in [6.07, 6.45) is 2.08. The number of amides is 1. The lowest BCUT2D eigenvalue weighted by Gasteiger charge is -2.26. The van der Waals surface area contributed by atoms with Gasteiger partial charge in [-0.1, -0.05) is 36.4 Å². The van der Waals surface area contributed by atoms with Crippen molar-refractivity contribution in [1.29, 1.82) is 0 Å². The predicted molar refractivity (Wildman–Crippen MR) is 87.7 cm³/mol. The highest BCUT2D eigenvalue weighted by Gasteiger charge is 2.31. The number of anilines is 1. The van der Waals surface area contributed by atoms with E-state index in [1.807, 2.05) is 55.6 Å². The zero-order valence-electron chi connectivity index (χ0n) is 12.6. The molecule has 0 bridgehead atoms. The monoisotopic (exact) mass is 305 g/mol. The van der Waals surface area contributed by atoms with E-state index in [9.17, 15) is 9.59 Å². The molecule has 1 atom stereocenters. The minimum Gasteiger partial charge on any atom is -0.311 e. The van der Waals surface area contributed by atoms with Gasteiger partial charge in [0.25, 0.3) is 5.56 Å². The van der Waals surface area contributed by atoms with Gasteiger partial charge in [0.2, 0.25) is 5.91 Å². The van der Waals surface area contributed by atoms with Crippen molar-refractivity contribution in [2.24, 2.45) is 0 Å². The van der Waals surface area contributed by atoms with Gasteiger partial charge < -0.3 is 5.32 Å². The van der Waals surface area contributed by atoms with Crippen LogP contribution in [0.1, 0.15) is 29.0 Å². The van der Waals surface area contributed by atoms with Gasteiger partial charge >= 0.3 is 0 Å². The lowest BCUT2D eigenvalue weighted by molar-refractivity contribution is -0.116. The number of carbonyl (C=O) groups excluding carboxylic acids is 1. The van der Waals surface area contributed by atoms with Crippen LogP contribution in [0.2, 0.25) is 0 Å². The molecule has 5 heteroatoms. The lowest BCUT2D eigenvalue weighted by Crippen LogP contribution is -2.32. The van der Waals surface area contributed by atoms with Gasteiger partial charge in [0.1, 0.15) is 11.5 Å². The first-order chi connectivity index (χ1) is 11.1. The SMILES string of the molecule is Cc1cccn2c3c(c(=O)nc12)[C@H](c1ccccc1)CC(=O)N3. The van der Waals surface area contributed by atoms with Crippen LogP contribution in [-0.2, 0) is 4.79 Å². The molecule has 4 rings (SSSR count). The minimum atomic E-state index is -0.275. The molecule has 0 fully saturated rings. The Kier molecular flexibility index (Phi) is 3.01. The standard InChI is InChI=1S/C18H15N3O2/c1-11-6-5-9-21-16(11)20-18(23)15-13(10-14(22)19-17(15)21)12-7-3-2-4-8-12/h2-9,13H,10H2,1H3,(H,19,22)/t13-/m0/s1. The van der Waals surface area contributed by atoms with Crippen LogP contribution >= 0.6 is 0 Å². The van der Waals surface area contributed by atoms with Crippen LogP contribution < -0.4 is 10.9 Å². The molecule has 1 aliphatic heterocycles. The number of aryl methyl sites for hydroxylation is 1. The zero-order chi connectivity index (χ0) is 16.0. The molecule has 0 spiro atoms. The van der Waals surface area contributed by atoms with E-state index in [0.29, 0.717) is 17.0 Å². The Morgan fingerprint density at radius 1 is 1.13 bits per heavy atom. The van der Waals surface area contributed by atoms with Gasteiger partial charge in [0, 0.05) is 18.5 Å². The van der Waals surface area contributed by atoms with Gasteiger partial charge in [-0.15, -0.1) is 0 Å². The van der Waals surface area contributed by atoms with Gasteiger partial charge in [-0.2, -0.15) is 4.98 Å². The van der Waals surface area contributed by atoms with Crippen molar-refractivity contribution in [2.45, 2.75) is 19.3 Å². The summed E-state index contributed by atoms with van der Waals surface area (Å²) in [5.41, 5.74) is 2.70.